The van der Waals surface area contributed by atoms with E-state index in [9.17, 15) is 0 Å². The van der Waals surface area contributed by atoms with Gasteiger partial charge >= 0.3 is 0 Å². The molecule has 0 aromatic carbocycles. The lowest BCUT2D eigenvalue weighted by Gasteiger charge is -2.26. The molecule has 0 N–H and O–H groups in total. The molecule has 2 heterocycles. The third kappa shape index (κ3) is 3.20. The van der Waals surface area contributed by atoms with Crippen molar-refractivity contribution >= 4 is 37.7 Å². The number of anilines is 1. The molecule has 0 unspecified atom stereocenters. The average molecular weight is 348 g/mol. The first kappa shape index (κ1) is 12.4. The van der Waals surface area contributed by atoms with Crippen molar-refractivity contribution in [2.24, 2.45) is 0 Å². The van der Waals surface area contributed by atoms with Crippen molar-refractivity contribution in [1.29, 1.82) is 0 Å². The summed E-state index contributed by atoms with van der Waals surface area (Å²) in [5.74, 6) is 1.09. The van der Waals surface area contributed by atoms with Gasteiger partial charge in [0.25, 0.3) is 0 Å². The zero-order valence-corrected chi connectivity index (χ0v) is 12.4. The van der Waals surface area contributed by atoms with Gasteiger partial charge in [-0.05, 0) is 50.8 Å². The number of aromatic nitrogens is 1. The van der Waals surface area contributed by atoms with Gasteiger partial charge < -0.3 is 4.90 Å². The molecule has 0 bridgehead atoms. The monoisotopic (exact) mass is 346 g/mol. The molecule has 16 heavy (non-hydrogen) atoms. The summed E-state index contributed by atoms with van der Waals surface area (Å²) in [7, 11) is 0. The molecule has 0 amide bonds. The summed E-state index contributed by atoms with van der Waals surface area (Å²) in [4.78, 5) is 6.90. The number of pyridine rings is 1. The van der Waals surface area contributed by atoms with Crippen LogP contribution >= 0.6 is 31.9 Å². The summed E-state index contributed by atoms with van der Waals surface area (Å²) < 4.78 is 2.11. The predicted octanol–water partition coefficient (Wildman–Crippen LogP) is 4.38. The summed E-state index contributed by atoms with van der Waals surface area (Å²) in [5.41, 5.74) is 0. The largest absolute Gasteiger partial charge is 0.356 e. The summed E-state index contributed by atoms with van der Waals surface area (Å²) >= 11 is 7.03. The smallest absolute Gasteiger partial charge is 0.142 e. The maximum atomic E-state index is 4.51. The lowest BCUT2D eigenvalue weighted by molar-refractivity contribution is 0.553. The lowest BCUT2D eigenvalue weighted by Crippen LogP contribution is -2.28. The number of hydrogen-bond acceptors (Lipinski definition) is 2. The molecule has 1 aromatic rings. The Kier molecular flexibility index (Phi) is 4.65. The van der Waals surface area contributed by atoms with Crippen LogP contribution in [0.15, 0.2) is 21.2 Å². The first-order valence-electron chi connectivity index (χ1n) is 5.83. The molecule has 4 heteroatoms. The number of hydrogen-bond donors (Lipinski definition) is 0. The van der Waals surface area contributed by atoms with Gasteiger partial charge in [-0.15, -0.1) is 0 Å². The van der Waals surface area contributed by atoms with E-state index in [2.05, 4.69) is 47.8 Å². The topological polar surface area (TPSA) is 16.1 Å². The van der Waals surface area contributed by atoms with Crippen LogP contribution in [0, 0.1) is 0 Å². The van der Waals surface area contributed by atoms with Crippen LogP contribution in [0.5, 0.6) is 0 Å². The van der Waals surface area contributed by atoms with Crippen molar-refractivity contribution in [3.05, 3.63) is 21.2 Å². The molecule has 1 aliphatic rings. The molecule has 0 saturated carbocycles. The van der Waals surface area contributed by atoms with Crippen molar-refractivity contribution in [2.45, 2.75) is 32.1 Å². The normalized spacial score (nSPS) is 18.0. The molecule has 1 fully saturated rings. The molecule has 2 nitrogen and oxygen atoms in total. The Bertz CT molecular complexity index is 347. The van der Waals surface area contributed by atoms with Crippen LogP contribution in [0.25, 0.3) is 0 Å². The minimum absolute atomic E-state index is 1.02. The Morgan fingerprint density at radius 2 is 1.62 bits per heavy atom. The molecule has 0 aliphatic carbocycles. The minimum Gasteiger partial charge on any atom is -0.356 e. The second kappa shape index (κ2) is 6.01. The quantitative estimate of drug-likeness (QED) is 0.749. The van der Waals surface area contributed by atoms with Crippen molar-refractivity contribution in [3.8, 4) is 0 Å². The van der Waals surface area contributed by atoms with Gasteiger partial charge in [0.2, 0.25) is 0 Å². The van der Waals surface area contributed by atoms with Crippen LogP contribution in [-0.2, 0) is 0 Å². The van der Waals surface area contributed by atoms with Gasteiger partial charge in [-0.25, -0.2) is 4.98 Å². The molecule has 1 aliphatic heterocycles. The Morgan fingerprint density at radius 3 is 2.25 bits per heavy atom. The van der Waals surface area contributed by atoms with Gasteiger partial charge in [-0.3, -0.25) is 0 Å². The Hall–Kier alpha value is -0.0900. The van der Waals surface area contributed by atoms with E-state index in [1.807, 2.05) is 6.20 Å². The highest BCUT2D eigenvalue weighted by Crippen LogP contribution is 2.28. The van der Waals surface area contributed by atoms with Gasteiger partial charge in [0, 0.05) is 23.8 Å². The highest BCUT2D eigenvalue weighted by Gasteiger charge is 2.13. The second-order valence-electron chi connectivity index (χ2n) is 4.21. The molecule has 1 saturated heterocycles. The van der Waals surface area contributed by atoms with E-state index >= 15 is 0 Å². The van der Waals surface area contributed by atoms with Crippen LogP contribution < -0.4 is 4.90 Å². The highest BCUT2D eigenvalue weighted by atomic mass is 79.9. The van der Waals surface area contributed by atoms with Gasteiger partial charge in [0.05, 0.1) is 4.47 Å². The molecule has 0 atom stereocenters. The van der Waals surface area contributed by atoms with Gasteiger partial charge in [-0.2, -0.15) is 0 Å². The van der Waals surface area contributed by atoms with Crippen molar-refractivity contribution in [3.63, 3.8) is 0 Å². The summed E-state index contributed by atoms with van der Waals surface area (Å²) in [6.07, 6.45) is 8.53. The fourth-order valence-corrected chi connectivity index (χ4v) is 3.34. The van der Waals surface area contributed by atoms with Crippen LogP contribution in [0.3, 0.4) is 0 Å². The van der Waals surface area contributed by atoms with E-state index < -0.39 is 0 Å². The van der Waals surface area contributed by atoms with E-state index in [1.54, 1.807) is 0 Å². The fourth-order valence-electron chi connectivity index (χ4n) is 2.10. The minimum atomic E-state index is 1.02. The summed E-state index contributed by atoms with van der Waals surface area (Å²) in [5, 5.41) is 0. The van der Waals surface area contributed by atoms with Gasteiger partial charge in [0.1, 0.15) is 5.82 Å². The number of nitrogens with zero attached hydrogens (tertiary/aromatic N) is 2. The van der Waals surface area contributed by atoms with E-state index in [0.717, 1.165) is 27.9 Å². The number of halogens is 2. The third-order valence-corrected chi connectivity index (χ3v) is 3.96. The third-order valence-electron chi connectivity index (χ3n) is 2.94. The van der Waals surface area contributed by atoms with Crippen molar-refractivity contribution in [2.75, 3.05) is 18.0 Å². The standard InChI is InChI=1S/C12H16Br2N2/c13-10-8-11(14)12(15-9-10)16-6-4-2-1-3-5-7-16/h8-9H,1-7H2. The SMILES string of the molecule is Brc1cnc(N2CCCCCCC2)c(Br)c1. The molecular formula is C12H16Br2N2. The zero-order chi connectivity index (χ0) is 11.4. The van der Waals surface area contributed by atoms with Crippen molar-refractivity contribution < 1.29 is 0 Å². The Morgan fingerprint density at radius 1 is 1.00 bits per heavy atom. The Balaban J connectivity index is 2.14. The molecule has 88 valence electrons. The highest BCUT2D eigenvalue weighted by molar-refractivity contribution is 9.11. The fraction of sp³-hybridized carbons (Fsp3) is 0.583. The summed E-state index contributed by atoms with van der Waals surface area (Å²) in [6.45, 7) is 2.26. The summed E-state index contributed by atoms with van der Waals surface area (Å²) in [6, 6.07) is 2.07. The zero-order valence-electron chi connectivity index (χ0n) is 9.25. The molecular weight excluding hydrogens is 332 g/mol. The first-order chi connectivity index (χ1) is 7.77. The maximum Gasteiger partial charge on any atom is 0.142 e. The lowest BCUT2D eigenvalue weighted by atomic mass is 10.1. The first-order valence-corrected chi connectivity index (χ1v) is 7.42. The van der Waals surface area contributed by atoms with Gasteiger partial charge in [-0.1, -0.05) is 19.3 Å². The van der Waals surface area contributed by atoms with Crippen molar-refractivity contribution in [1.82, 2.24) is 4.98 Å². The maximum absolute atomic E-state index is 4.51. The van der Waals surface area contributed by atoms with E-state index in [1.165, 1.54) is 32.1 Å². The Labute approximate surface area is 114 Å². The second-order valence-corrected chi connectivity index (χ2v) is 5.98. The number of rotatable bonds is 1. The predicted molar refractivity (Wildman–Crippen MR) is 74.9 cm³/mol. The van der Waals surface area contributed by atoms with E-state index in [4.69, 9.17) is 0 Å². The van der Waals surface area contributed by atoms with Crippen LogP contribution in [-0.4, -0.2) is 18.1 Å². The van der Waals surface area contributed by atoms with E-state index in [0.29, 0.717) is 0 Å². The molecule has 0 radical (unpaired) electrons. The molecule has 0 spiro atoms. The molecule has 1 aromatic heterocycles. The van der Waals surface area contributed by atoms with Gasteiger partial charge in [0.15, 0.2) is 0 Å². The van der Waals surface area contributed by atoms with Crippen LogP contribution in [0.2, 0.25) is 0 Å². The molecule has 2 rings (SSSR count). The average Bonchev–Trinajstić information content (AvgIpc) is 2.19. The van der Waals surface area contributed by atoms with Crippen LogP contribution in [0.4, 0.5) is 5.82 Å². The van der Waals surface area contributed by atoms with E-state index in [-0.39, 0.29) is 0 Å². The van der Waals surface area contributed by atoms with Crippen LogP contribution in [0.1, 0.15) is 32.1 Å².